The summed E-state index contributed by atoms with van der Waals surface area (Å²) in [5.74, 6) is -1.82. The molecule has 0 aromatic carbocycles. The fourth-order valence-electron chi connectivity index (χ4n) is 1.43. The van der Waals surface area contributed by atoms with E-state index in [4.69, 9.17) is 14.6 Å². The first-order valence-corrected chi connectivity index (χ1v) is 6.52. The molecule has 2 unspecified atom stereocenters. The Kier molecular flexibility index (Phi) is 7.64. The summed E-state index contributed by atoms with van der Waals surface area (Å²) < 4.78 is 9.64. The molecule has 0 aliphatic rings. The number of carboxylic acid groups (broad SMARTS) is 1. The number of nitrogens with one attached hydrogen (secondary N) is 1. The minimum absolute atomic E-state index is 0.121. The van der Waals surface area contributed by atoms with E-state index in [9.17, 15) is 14.4 Å². The first kappa shape index (κ1) is 18.2. The zero-order valence-electron chi connectivity index (χ0n) is 12.5. The van der Waals surface area contributed by atoms with Crippen molar-refractivity contribution in [2.75, 3.05) is 0 Å². The van der Waals surface area contributed by atoms with Gasteiger partial charge in [0.1, 0.15) is 12.1 Å². The van der Waals surface area contributed by atoms with Crippen LogP contribution in [0.5, 0.6) is 0 Å². The van der Waals surface area contributed by atoms with Gasteiger partial charge in [-0.1, -0.05) is 13.8 Å². The van der Waals surface area contributed by atoms with Gasteiger partial charge in [-0.3, -0.25) is 4.79 Å². The normalized spacial score (nSPS) is 13.8. The van der Waals surface area contributed by atoms with Crippen molar-refractivity contribution in [1.29, 1.82) is 0 Å². The molecule has 0 bridgehead atoms. The third-order valence-corrected chi connectivity index (χ3v) is 2.35. The van der Waals surface area contributed by atoms with Crippen LogP contribution >= 0.6 is 0 Å². The number of carboxylic acids is 1. The van der Waals surface area contributed by atoms with Crippen LogP contribution in [-0.4, -0.2) is 41.4 Å². The van der Waals surface area contributed by atoms with Crippen LogP contribution in [0.15, 0.2) is 0 Å². The molecule has 7 heteroatoms. The molecular formula is C13H23NO6. The molecule has 0 fully saturated rings. The quantitative estimate of drug-likeness (QED) is 0.689. The van der Waals surface area contributed by atoms with Crippen molar-refractivity contribution in [3.8, 4) is 0 Å². The number of hydrogen-bond donors (Lipinski definition) is 2. The Morgan fingerprint density at radius 2 is 1.60 bits per heavy atom. The molecule has 2 N–H and O–H groups in total. The summed E-state index contributed by atoms with van der Waals surface area (Å²) in [6, 6.07) is -0.961. The second kappa shape index (κ2) is 8.39. The van der Waals surface area contributed by atoms with E-state index in [1.165, 1.54) is 6.92 Å². The molecule has 2 atom stereocenters. The molecule has 0 aliphatic carbocycles. The summed E-state index contributed by atoms with van der Waals surface area (Å²) >= 11 is 0. The summed E-state index contributed by atoms with van der Waals surface area (Å²) in [5.41, 5.74) is 0. The Morgan fingerprint density at radius 1 is 1.05 bits per heavy atom. The average Bonchev–Trinajstić information content (AvgIpc) is 2.22. The highest BCUT2D eigenvalue weighted by Gasteiger charge is 2.24. The number of aliphatic carboxylic acids is 1. The van der Waals surface area contributed by atoms with E-state index in [-0.39, 0.29) is 18.4 Å². The molecule has 0 aromatic rings. The Hall–Kier alpha value is -1.79. The van der Waals surface area contributed by atoms with Gasteiger partial charge in [0.25, 0.3) is 0 Å². The Morgan fingerprint density at radius 3 is 2.00 bits per heavy atom. The van der Waals surface area contributed by atoms with Gasteiger partial charge in [-0.05, 0) is 26.7 Å². The van der Waals surface area contributed by atoms with Gasteiger partial charge in [-0.25, -0.2) is 9.59 Å². The van der Waals surface area contributed by atoms with E-state index in [0.717, 1.165) is 0 Å². The summed E-state index contributed by atoms with van der Waals surface area (Å²) in [5, 5.41) is 11.3. The molecule has 116 valence electrons. The highest BCUT2D eigenvalue weighted by molar-refractivity contribution is 5.84. The molecule has 20 heavy (non-hydrogen) atoms. The van der Waals surface area contributed by atoms with Gasteiger partial charge in [-0.15, -0.1) is 0 Å². The monoisotopic (exact) mass is 289 g/mol. The number of ether oxygens (including phenoxy) is 2. The predicted octanol–water partition coefficient (Wildman–Crippen LogP) is 1.55. The van der Waals surface area contributed by atoms with Crippen molar-refractivity contribution < 1.29 is 29.0 Å². The lowest BCUT2D eigenvalue weighted by molar-refractivity contribution is -0.143. The maximum Gasteiger partial charge on any atom is 0.508 e. The fraction of sp³-hybridized carbons (Fsp3) is 0.769. The van der Waals surface area contributed by atoms with Crippen molar-refractivity contribution in [2.45, 2.75) is 59.3 Å². The van der Waals surface area contributed by atoms with Gasteiger partial charge >= 0.3 is 12.1 Å². The molecule has 0 aromatic heterocycles. The van der Waals surface area contributed by atoms with Crippen LogP contribution in [0.3, 0.4) is 0 Å². The zero-order chi connectivity index (χ0) is 15.9. The fourth-order valence-corrected chi connectivity index (χ4v) is 1.43. The molecule has 1 amide bonds. The van der Waals surface area contributed by atoms with Crippen LogP contribution in [0.4, 0.5) is 4.79 Å². The van der Waals surface area contributed by atoms with Crippen LogP contribution in [0, 0.1) is 5.92 Å². The molecule has 7 nitrogen and oxygen atoms in total. The number of hydrogen-bond acceptors (Lipinski definition) is 5. The van der Waals surface area contributed by atoms with Crippen molar-refractivity contribution in [2.24, 2.45) is 5.92 Å². The van der Waals surface area contributed by atoms with E-state index in [0.29, 0.717) is 0 Å². The van der Waals surface area contributed by atoms with Crippen LogP contribution < -0.4 is 5.32 Å². The Balaban J connectivity index is 4.25. The van der Waals surface area contributed by atoms with Crippen molar-refractivity contribution >= 4 is 18.0 Å². The van der Waals surface area contributed by atoms with E-state index < -0.39 is 30.2 Å². The maximum atomic E-state index is 11.7. The minimum Gasteiger partial charge on any atom is -0.480 e. The molecule has 0 saturated heterocycles. The lowest BCUT2D eigenvalue weighted by Gasteiger charge is -2.19. The van der Waals surface area contributed by atoms with Crippen LogP contribution in [-0.2, 0) is 19.1 Å². The molecule has 0 spiro atoms. The van der Waals surface area contributed by atoms with E-state index >= 15 is 0 Å². The molecule has 0 radical (unpaired) electrons. The van der Waals surface area contributed by atoms with Crippen molar-refractivity contribution in [1.82, 2.24) is 5.32 Å². The van der Waals surface area contributed by atoms with E-state index in [1.807, 2.05) is 0 Å². The Labute approximate surface area is 118 Å². The average molecular weight is 289 g/mol. The summed E-state index contributed by atoms with van der Waals surface area (Å²) in [4.78, 5) is 33.8. The van der Waals surface area contributed by atoms with Gasteiger partial charge in [0.15, 0.2) is 0 Å². The second-order valence-corrected chi connectivity index (χ2v) is 5.18. The summed E-state index contributed by atoms with van der Waals surface area (Å²) in [6.07, 6.45) is -1.97. The standard InChI is InChI=1S/C13H23NO6/c1-7(2)11(12(16)17)14-10(15)6-9(5)20-13(18)19-8(3)4/h7-9,11H,6H2,1-5H3,(H,14,15)(H,16,17). The lowest BCUT2D eigenvalue weighted by Crippen LogP contribution is -2.45. The second-order valence-electron chi connectivity index (χ2n) is 5.18. The van der Waals surface area contributed by atoms with E-state index in [1.54, 1.807) is 27.7 Å². The van der Waals surface area contributed by atoms with Gasteiger partial charge in [0.05, 0.1) is 12.5 Å². The van der Waals surface area contributed by atoms with Crippen molar-refractivity contribution in [3.63, 3.8) is 0 Å². The summed E-state index contributed by atoms with van der Waals surface area (Å²) in [7, 11) is 0. The van der Waals surface area contributed by atoms with E-state index in [2.05, 4.69) is 5.32 Å². The van der Waals surface area contributed by atoms with Gasteiger partial charge < -0.3 is 19.9 Å². The number of carbonyl (C=O) groups is 3. The lowest BCUT2D eigenvalue weighted by atomic mass is 10.0. The number of carbonyl (C=O) groups excluding carboxylic acids is 2. The number of amides is 1. The van der Waals surface area contributed by atoms with Gasteiger partial charge in [-0.2, -0.15) is 0 Å². The predicted molar refractivity (Wildman–Crippen MR) is 71.2 cm³/mol. The van der Waals surface area contributed by atoms with Crippen LogP contribution in [0.25, 0.3) is 0 Å². The maximum absolute atomic E-state index is 11.7. The highest BCUT2D eigenvalue weighted by atomic mass is 16.7. The van der Waals surface area contributed by atoms with Crippen LogP contribution in [0.1, 0.15) is 41.0 Å². The Bertz CT molecular complexity index is 353. The smallest absolute Gasteiger partial charge is 0.480 e. The zero-order valence-corrected chi connectivity index (χ0v) is 12.5. The highest BCUT2D eigenvalue weighted by Crippen LogP contribution is 2.05. The first-order chi connectivity index (χ1) is 9.13. The molecule has 0 aliphatic heterocycles. The largest absolute Gasteiger partial charge is 0.508 e. The first-order valence-electron chi connectivity index (χ1n) is 6.52. The minimum atomic E-state index is -1.10. The summed E-state index contributed by atoms with van der Waals surface area (Å²) in [6.45, 7) is 8.28. The third-order valence-electron chi connectivity index (χ3n) is 2.35. The third kappa shape index (κ3) is 7.60. The molecule has 0 heterocycles. The molecule has 0 rings (SSSR count). The molecular weight excluding hydrogens is 266 g/mol. The van der Waals surface area contributed by atoms with Crippen molar-refractivity contribution in [3.05, 3.63) is 0 Å². The number of rotatable bonds is 7. The van der Waals surface area contributed by atoms with Gasteiger partial charge in [0, 0.05) is 0 Å². The molecule has 0 saturated carbocycles. The topological polar surface area (TPSA) is 102 Å². The van der Waals surface area contributed by atoms with Gasteiger partial charge in [0.2, 0.25) is 5.91 Å². The SMILES string of the molecule is CC(C)OC(=O)OC(C)CC(=O)NC(C(=O)O)C(C)C. The van der Waals surface area contributed by atoms with Crippen LogP contribution in [0.2, 0.25) is 0 Å².